The van der Waals surface area contributed by atoms with E-state index >= 15 is 0 Å². The second-order valence-corrected chi connectivity index (χ2v) is 5.94. The van der Waals surface area contributed by atoms with E-state index in [2.05, 4.69) is 22.8 Å². The van der Waals surface area contributed by atoms with E-state index in [1.54, 1.807) is 11.3 Å². The predicted molar refractivity (Wildman–Crippen MR) is 80.2 cm³/mol. The highest BCUT2D eigenvalue weighted by Crippen LogP contribution is 2.24. The van der Waals surface area contributed by atoms with Crippen LogP contribution in [0.15, 0.2) is 35.7 Å². The molecule has 0 radical (unpaired) electrons. The Labute approximate surface area is 117 Å². The molecule has 1 aliphatic rings. The van der Waals surface area contributed by atoms with Crippen molar-refractivity contribution in [3.63, 3.8) is 0 Å². The minimum absolute atomic E-state index is 0.252. The lowest BCUT2D eigenvalue weighted by Gasteiger charge is -2.18. The molecule has 2 aromatic rings. The fourth-order valence-corrected chi connectivity index (χ4v) is 3.19. The second-order valence-electron chi connectivity index (χ2n) is 4.90. The topological polar surface area (TPSA) is 29.1 Å². The molecule has 98 valence electrons. The zero-order valence-corrected chi connectivity index (χ0v) is 11.6. The molecule has 0 saturated carbocycles. The Morgan fingerprint density at radius 1 is 1.32 bits per heavy atom. The average Bonchev–Trinajstić information content (AvgIpc) is 2.97. The van der Waals surface area contributed by atoms with Gasteiger partial charge in [0, 0.05) is 29.1 Å². The van der Waals surface area contributed by atoms with Gasteiger partial charge >= 0.3 is 0 Å². The molecule has 0 amide bonds. The van der Waals surface area contributed by atoms with Crippen molar-refractivity contribution in [3.05, 3.63) is 51.7 Å². The van der Waals surface area contributed by atoms with Crippen molar-refractivity contribution in [3.8, 4) is 0 Å². The first-order valence-corrected chi connectivity index (χ1v) is 7.63. The number of rotatable bonds is 4. The number of nitrogens with one attached hydrogen (secondary N) is 1. The molecule has 3 heteroatoms. The van der Waals surface area contributed by atoms with Crippen molar-refractivity contribution in [2.75, 3.05) is 11.9 Å². The maximum absolute atomic E-state index is 12.2. The molecule has 2 nitrogen and oxygen atoms in total. The molecule has 1 N–H and O–H groups in total. The van der Waals surface area contributed by atoms with Crippen LogP contribution >= 0.6 is 11.3 Å². The van der Waals surface area contributed by atoms with Crippen LogP contribution in [0.2, 0.25) is 0 Å². The normalized spacial score (nSPS) is 13.7. The number of anilines is 1. The standard InChI is InChI=1S/C16H17NOS/c18-16(8-6-14-4-2-10-19-14)13-5-7-15-12(11-13)3-1-9-17-15/h2,4-5,7,10-11,17H,1,3,6,8-9H2. The molecular formula is C16H17NOS. The molecule has 19 heavy (non-hydrogen) atoms. The van der Waals surface area contributed by atoms with Crippen molar-refractivity contribution in [1.82, 2.24) is 0 Å². The maximum atomic E-state index is 12.2. The highest BCUT2D eigenvalue weighted by molar-refractivity contribution is 7.09. The number of carbonyl (C=O) groups is 1. The van der Waals surface area contributed by atoms with Gasteiger partial charge in [-0.3, -0.25) is 4.79 Å². The van der Waals surface area contributed by atoms with E-state index < -0.39 is 0 Å². The van der Waals surface area contributed by atoms with E-state index in [-0.39, 0.29) is 5.78 Å². The van der Waals surface area contributed by atoms with Gasteiger partial charge in [0.2, 0.25) is 0 Å². The fraction of sp³-hybridized carbons (Fsp3) is 0.312. The number of hydrogen-bond donors (Lipinski definition) is 1. The van der Waals surface area contributed by atoms with E-state index in [0.29, 0.717) is 6.42 Å². The zero-order valence-electron chi connectivity index (χ0n) is 10.8. The lowest BCUT2D eigenvalue weighted by atomic mass is 9.97. The monoisotopic (exact) mass is 271 g/mol. The molecule has 1 aromatic heterocycles. The van der Waals surface area contributed by atoms with Gasteiger partial charge in [-0.1, -0.05) is 6.07 Å². The van der Waals surface area contributed by atoms with E-state index in [1.165, 1.54) is 16.1 Å². The van der Waals surface area contributed by atoms with Crippen LogP contribution in [0, 0.1) is 0 Å². The van der Waals surface area contributed by atoms with Gasteiger partial charge in [-0.2, -0.15) is 0 Å². The van der Waals surface area contributed by atoms with Gasteiger partial charge in [0.05, 0.1) is 0 Å². The van der Waals surface area contributed by atoms with E-state index in [9.17, 15) is 4.79 Å². The summed E-state index contributed by atoms with van der Waals surface area (Å²) in [5.74, 6) is 0.252. The lowest BCUT2D eigenvalue weighted by Crippen LogP contribution is -2.12. The van der Waals surface area contributed by atoms with E-state index in [0.717, 1.165) is 31.4 Å². The van der Waals surface area contributed by atoms with Gasteiger partial charge in [0.1, 0.15) is 0 Å². The quantitative estimate of drug-likeness (QED) is 0.854. The summed E-state index contributed by atoms with van der Waals surface area (Å²) in [5, 5.41) is 5.43. The number of fused-ring (bicyclic) bond motifs is 1. The summed E-state index contributed by atoms with van der Waals surface area (Å²) in [5.41, 5.74) is 3.34. The SMILES string of the molecule is O=C(CCc1cccs1)c1ccc2c(c1)CCCN2. The van der Waals surface area contributed by atoms with E-state index in [1.807, 2.05) is 18.2 Å². The van der Waals surface area contributed by atoms with Crippen molar-refractivity contribution >= 4 is 22.8 Å². The number of benzene rings is 1. The highest BCUT2D eigenvalue weighted by Gasteiger charge is 2.12. The lowest BCUT2D eigenvalue weighted by molar-refractivity contribution is 0.0983. The van der Waals surface area contributed by atoms with Crippen LogP contribution in [0.4, 0.5) is 5.69 Å². The molecule has 3 rings (SSSR count). The van der Waals surface area contributed by atoms with Crippen molar-refractivity contribution < 1.29 is 4.79 Å². The third kappa shape index (κ3) is 2.87. The number of thiophene rings is 1. The summed E-state index contributed by atoms with van der Waals surface area (Å²) in [7, 11) is 0. The van der Waals surface area contributed by atoms with Crippen LogP contribution in [0.1, 0.15) is 33.6 Å². The Balaban J connectivity index is 1.69. The summed E-state index contributed by atoms with van der Waals surface area (Å²) in [6.07, 6.45) is 3.69. The minimum Gasteiger partial charge on any atom is -0.385 e. The Hall–Kier alpha value is -1.61. The molecule has 0 unspecified atom stereocenters. The molecule has 0 fully saturated rings. The molecule has 0 spiro atoms. The zero-order chi connectivity index (χ0) is 13.1. The van der Waals surface area contributed by atoms with Gasteiger partial charge in [-0.15, -0.1) is 11.3 Å². The van der Waals surface area contributed by atoms with E-state index in [4.69, 9.17) is 0 Å². The number of aryl methyl sites for hydroxylation is 2. The van der Waals surface area contributed by atoms with Gasteiger partial charge in [-0.25, -0.2) is 0 Å². The van der Waals surface area contributed by atoms with Crippen LogP contribution in [-0.4, -0.2) is 12.3 Å². The Bertz CT molecular complexity index is 574. The molecule has 2 heterocycles. The fourth-order valence-electron chi connectivity index (χ4n) is 2.48. The molecule has 0 atom stereocenters. The Kier molecular flexibility index (Phi) is 3.65. The highest BCUT2D eigenvalue weighted by atomic mass is 32.1. The number of hydrogen-bond acceptors (Lipinski definition) is 3. The third-order valence-electron chi connectivity index (χ3n) is 3.54. The summed E-state index contributed by atoms with van der Waals surface area (Å²) < 4.78 is 0. The molecule has 0 bridgehead atoms. The van der Waals surface area contributed by atoms with Crippen LogP contribution in [0.3, 0.4) is 0 Å². The number of carbonyl (C=O) groups excluding carboxylic acids is 1. The summed E-state index contributed by atoms with van der Waals surface area (Å²) in [4.78, 5) is 13.5. The Morgan fingerprint density at radius 2 is 2.26 bits per heavy atom. The molecular weight excluding hydrogens is 254 g/mol. The van der Waals surface area contributed by atoms with Gasteiger partial charge in [0.25, 0.3) is 0 Å². The first-order chi connectivity index (χ1) is 9.33. The largest absolute Gasteiger partial charge is 0.385 e. The first-order valence-electron chi connectivity index (χ1n) is 6.75. The summed E-state index contributed by atoms with van der Waals surface area (Å²) >= 11 is 1.72. The number of Topliss-reactive ketones (excluding diaryl/α,β-unsaturated/α-hetero) is 1. The van der Waals surface area contributed by atoms with Gasteiger partial charge in [0.15, 0.2) is 5.78 Å². The maximum Gasteiger partial charge on any atom is 0.163 e. The third-order valence-corrected chi connectivity index (χ3v) is 4.48. The van der Waals surface area contributed by atoms with Crippen molar-refractivity contribution in [1.29, 1.82) is 0 Å². The van der Waals surface area contributed by atoms with Crippen LogP contribution in [-0.2, 0) is 12.8 Å². The number of ketones is 1. The molecule has 0 aliphatic carbocycles. The van der Waals surface area contributed by atoms with Gasteiger partial charge < -0.3 is 5.32 Å². The summed E-state index contributed by atoms with van der Waals surface area (Å²) in [6, 6.07) is 10.2. The van der Waals surface area contributed by atoms with Crippen molar-refractivity contribution in [2.24, 2.45) is 0 Å². The van der Waals surface area contributed by atoms with Crippen LogP contribution < -0.4 is 5.32 Å². The molecule has 1 aliphatic heterocycles. The summed E-state index contributed by atoms with van der Waals surface area (Å²) in [6.45, 7) is 1.04. The van der Waals surface area contributed by atoms with Crippen LogP contribution in [0.25, 0.3) is 0 Å². The molecule has 0 saturated heterocycles. The van der Waals surface area contributed by atoms with Crippen LogP contribution in [0.5, 0.6) is 0 Å². The predicted octanol–water partition coefficient (Wildman–Crippen LogP) is 3.92. The molecule has 1 aromatic carbocycles. The average molecular weight is 271 g/mol. The van der Waals surface area contributed by atoms with Crippen molar-refractivity contribution in [2.45, 2.75) is 25.7 Å². The van der Waals surface area contributed by atoms with Gasteiger partial charge in [-0.05, 0) is 54.5 Å². The minimum atomic E-state index is 0.252. The smallest absolute Gasteiger partial charge is 0.163 e. The second kappa shape index (κ2) is 5.57. The first kappa shape index (κ1) is 12.4. The Morgan fingerprint density at radius 3 is 3.11 bits per heavy atom.